The molecule has 0 aliphatic heterocycles. The summed E-state index contributed by atoms with van der Waals surface area (Å²) in [5.41, 5.74) is 4.20. The average Bonchev–Trinajstić information content (AvgIpc) is 2.72. The summed E-state index contributed by atoms with van der Waals surface area (Å²) in [5.74, 6) is -0.376. The molecule has 3 aromatic rings. The Balaban J connectivity index is 1.46. The first-order chi connectivity index (χ1) is 14.5. The van der Waals surface area contributed by atoms with Crippen molar-refractivity contribution < 1.29 is 14.0 Å². The number of carbonyl (C=O) groups excluding carboxylic acids is 2. The van der Waals surface area contributed by atoms with Gasteiger partial charge in [-0.2, -0.15) is 0 Å². The highest BCUT2D eigenvalue weighted by molar-refractivity contribution is 5.99. The summed E-state index contributed by atoms with van der Waals surface area (Å²) >= 11 is 0. The molecule has 3 N–H and O–H groups in total. The van der Waals surface area contributed by atoms with Crippen molar-refractivity contribution in [2.24, 2.45) is 0 Å². The third-order valence-corrected chi connectivity index (χ3v) is 4.50. The molecule has 0 radical (unpaired) electrons. The number of benzene rings is 3. The summed E-state index contributed by atoms with van der Waals surface area (Å²) in [4.78, 5) is 24.3. The normalized spacial score (nSPS) is 10.3. The van der Waals surface area contributed by atoms with Crippen LogP contribution in [0.25, 0.3) is 0 Å². The van der Waals surface area contributed by atoms with Gasteiger partial charge in [-0.25, -0.2) is 9.18 Å². The van der Waals surface area contributed by atoms with Gasteiger partial charge in [0.05, 0.1) is 0 Å². The summed E-state index contributed by atoms with van der Waals surface area (Å²) in [6.07, 6.45) is 0.870. The van der Waals surface area contributed by atoms with Crippen LogP contribution in [0.2, 0.25) is 0 Å². The Hall–Kier alpha value is -3.67. The summed E-state index contributed by atoms with van der Waals surface area (Å²) in [6, 6.07) is 20.7. The van der Waals surface area contributed by atoms with E-state index in [1.54, 1.807) is 18.2 Å². The number of hydrogen-bond acceptors (Lipinski definition) is 2. The molecule has 0 bridgehead atoms. The largest absolute Gasteiger partial charge is 0.352 e. The number of halogens is 1. The van der Waals surface area contributed by atoms with Crippen LogP contribution in [0, 0.1) is 12.7 Å². The van der Waals surface area contributed by atoms with Crippen LogP contribution in [0.4, 0.5) is 20.6 Å². The molecular formula is C24H24FN3O2. The molecule has 3 aromatic carbocycles. The Morgan fingerprint density at radius 1 is 0.833 bits per heavy atom. The maximum absolute atomic E-state index is 12.9. The molecule has 3 rings (SSSR count). The highest BCUT2D eigenvalue weighted by Gasteiger charge is 2.06. The zero-order valence-electron chi connectivity index (χ0n) is 16.7. The lowest BCUT2D eigenvalue weighted by Gasteiger charge is -2.10. The molecule has 0 aromatic heterocycles. The van der Waals surface area contributed by atoms with E-state index in [0.29, 0.717) is 25.1 Å². The van der Waals surface area contributed by atoms with Crippen molar-refractivity contribution in [3.05, 3.63) is 95.3 Å². The van der Waals surface area contributed by atoms with Crippen LogP contribution in [0.1, 0.15) is 23.1 Å². The van der Waals surface area contributed by atoms with Crippen molar-refractivity contribution in [1.82, 2.24) is 5.32 Å². The minimum absolute atomic E-state index is 0.0881. The van der Waals surface area contributed by atoms with Crippen LogP contribution >= 0.6 is 0 Å². The maximum atomic E-state index is 12.9. The third-order valence-electron chi connectivity index (χ3n) is 4.50. The fourth-order valence-electron chi connectivity index (χ4n) is 2.97. The van der Waals surface area contributed by atoms with Crippen LogP contribution in [0.15, 0.2) is 72.8 Å². The first kappa shape index (κ1) is 21.0. The van der Waals surface area contributed by atoms with Crippen molar-refractivity contribution in [3.8, 4) is 0 Å². The van der Waals surface area contributed by atoms with Crippen molar-refractivity contribution in [3.63, 3.8) is 0 Å². The smallest absolute Gasteiger partial charge is 0.323 e. The molecule has 0 spiro atoms. The molecule has 3 amide bonds. The SMILES string of the molecule is Cc1cccc(NC(=O)Nc2cccc(CNC(=O)CCc3ccc(F)cc3)c2)c1. The molecule has 0 aliphatic rings. The molecule has 0 aliphatic carbocycles. The van der Waals surface area contributed by atoms with Crippen LogP contribution in [-0.4, -0.2) is 11.9 Å². The van der Waals surface area contributed by atoms with Gasteiger partial charge in [0.2, 0.25) is 5.91 Å². The highest BCUT2D eigenvalue weighted by Crippen LogP contribution is 2.13. The predicted molar refractivity (Wildman–Crippen MR) is 117 cm³/mol. The van der Waals surface area contributed by atoms with Crippen LogP contribution in [-0.2, 0) is 17.8 Å². The minimum atomic E-state index is -0.332. The van der Waals surface area contributed by atoms with E-state index >= 15 is 0 Å². The predicted octanol–water partition coefficient (Wildman–Crippen LogP) is 5.03. The summed E-state index contributed by atoms with van der Waals surface area (Å²) in [7, 11) is 0. The second-order valence-corrected chi connectivity index (χ2v) is 7.05. The van der Waals surface area contributed by atoms with Crippen LogP contribution < -0.4 is 16.0 Å². The second-order valence-electron chi connectivity index (χ2n) is 7.05. The van der Waals surface area contributed by atoms with Crippen molar-refractivity contribution in [1.29, 1.82) is 0 Å². The standard InChI is InChI=1S/C24H24FN3O2/c1-17-4-2-6-21(14-17)27-24(30)28-22-7-3-5-19(15-22)16-26-23(29)13-10-18-8-11-20(25)12-9-18/h2-9,11-12,14-15H,10,13,16H2,1H3,(H,26,29)(H2,27,28,30). The number of aryl methyl sites for hydroxylation is 2. The zero-order chi connectivity index (χ0) is 21.3. The number of rotatable bonds is 7. The van der Waals surface area contributed by atoms with E-state index in [9.17, 15) is 14.0 Å². The maximum Gasteiger partial charge on any atom is 0.323 e. The lowest BCUT2D eigenvalue weighted by molar-refractivity contribution is -0.121. The highest BCUT2D eigenvalue weighted by atomic mass is 19.1. The average molecular weight is 405 g/mol. The minimum Gasteiger partial charge on any atom is -0.352 e. The fraction of sp³-hybridized carbons (Fsp3) is 0.167. The lowest BCUT2D eigenvalue weighted by Crippen LogP contribution is -2.23. The van der Waals surface area contributed by atoms with Gasteiger partial charge in [0.15, 0.2) is 0 Å². The first-order valence-electron chi connectivity index (χ1n) is 9.73. The van der Waals surface area contributed by atoms with Gasteiger partial charge in [-0.05, 0) is 66.4 Å². The molecule has 6 heteroatoms. The molecule has 0 saturated heterocycles. The van der Waals surface area contributed by atoms with Crippen LogP contribution in [0.3, 0.4) is 0 Å². The molecule has 0 saturated carbocycles. The first-order valence-corrected chi connectivity index (χ1v) is 9.73. The van der Waals surface area contributed by atoms with E-state index in [1.165, 1.54) is 12.1 Å². The molecule has 5 nitrogen and oxygen atoms in total. The van der Waals surface area contributed by atoms with Crippen molar-refractivity contribution in [2.45, 2.75) is 26.3 Å². The summed E-state index contributed by atoms with van der Waals surface area (Å²) in [6.45, 7) is 2.32. The molecule has 30 heavy (non-hydrogen) atoms. The second kappa shape index (κ2) is 10.2. The number of hydrogen-bond donors (Lipinski definition) is 3. The zero-order valence-corrected chi connectivity index (χ0v) is 16.7. The quantitative estimate of drug-likeness (QED) is 0.516. The van der Waals surface area contributed by atoms with E-state index in [1.807, 2.05) is 49.4 Å². The van der Waals surface area contributed by atoms with E-state index in [2.05, 4.69) is 16.0 Å². The van der Waals surface area contributed by atoms with Gasteiger partial charge in [0.1, 0.15) is 5.82 Å². The molecule has 0 heterocycles. The summed E-state index contributed by atoms with van der Waals surface area (Å²) < 4.78 is 12.9. The van der Waals surface area contributed by atoms with E-state index < -0.39 is 0 Å². The van der Waals surface area contributed by atoms with E-state index in [4.69, 9.17) is 0 Å². The summed E-state index contributed by atoms with van der Waals surface area (Å²) in [5, 5.41) is 8.45. The Morgan fingerprint density at radius 2 is 1.50 bits per heavy atom. The number of anilines is 2. The Kier molecular flexibility index (Phi) is 7.16. The molecule has 0 atom stereocenters. The number of carbonyl (C=O) groups is 2. The Bertz CT molecular complexity index is 1020. The van der Waals surface area contributed by atoms with Gasteiger partial charge >= 0.3 is 6.03 Å². The van der Waals surface area contributed by atoms with Gasteiger partial charge in [0, 0.05) is 24.3 Å². The monoisotopic (exact) mass is 405 g/mol. The van der Waals surface area contributed by atoms with E-state index in [-0.39, 0.29) is 17.8 Å². The topological polar surface area (TPSA) is 70.2 Å². The number of urea groups is 1. The van der Waals surface area contributed by atoms with Gasteiger partial charge in [-0.3, -0.25) is 4.79 Å². The van der Waals surface area contributed by atoms with Gasteiger partial charge in [0.25, 0.3) is 0 Å². The molecule has 154 valence electrons. The number of nitrogens with one attached hydrogen (secondary N) is 3. The van der Waals surface area contributed by atoms with E-state index in [0.717, 1.165) is 22.4 Å². The van der Waals surface area contributed by atoms with Gasteiger partial charge in [-0.15, -0.1) is 0 Å². The lowest BCUT2D eigenvalue weighted by atomic mass is 10.1. The van der Waals surface area contributed by atoms with Crippen molar-refractivity contribution >= 4 is 23.3 Å². The Morgan fingerprint density at radius 3 is 2.20 bits per heavy atom. The molecular weight excluding hydrogens is 381 g/mol. The van der Waals surface area contributed by atoms with Crippen LogP contribution in [0.5, 0.6) is 0 Å². The van der Waals surface area contributed by atoms with Gasteiger partial charge < -0.3 is 16.0 Å². The Labute approximate surface area is 175 Å². The molecule has 0 unspecified atom stereocenters. The third kappa shape index (κ3) is 6.74. The fourth-order valence-corrected chi connectivity index (χ4v) is 2.97. The molecule has 0 fully saturated rings. The van der Waals surface area contributed by atoms with Crippen molar-refractivity contribution in [2.75, 3.05) is 10.6 Å². The number of amides is 3. The van der Waals surface area contributed by atoms with Gasteiger partial charge in [-0.1, -0.05) is 36.4 Å².